The Morgan fingerprint density at radius 1 is 1.10 bits per heavy atom. The Morgan fingerprint density at radius 3 is 2.41 bits per heavy atom. The Labute approximate surface area is 171 Å². The van der Waals surface area contributed by atoms with Crippen LogP contribution in [0.15, 0.2) is 24.3 Å². The van der Waals surface area contributed by atoms with Crippen LogP contribution in [0.5, 0.6) is 0 Å². The lowest BCUT2D eigenvalue weighted by Crippen LogP contribution is -2.47. The van der Waals surface area contributed by atoms with Gasteiger partial charge in [-0.2, -0.15) is 0 Å². The number of carbonyl (C=O) groups excluding carboxylic acids is 2. The van der Waals surface area contributed by atoms with Crippen molar-refractivity contribution in [3.8, 4) is 5.69 Å². The lowest BCUT2D eigenvalue weighted by Gasteiger charge is -2.29. The fourth-order valence-corrected chi connectivity index (χ4v) is 3.32. The van der Waals surface area contributed by atoms with Gasteiger partial charge in [0.1, 0.15) is 11.4 Å². The SMILES string of the molecule is Cc1nc(C(=O)N2CCCN2C(=O)OC(C)(C)C)nn1-c1ccccc1C(C)C. The first kappa shape index (κ1) is 20.8. The number of hydrazine groups is 1. The predicted octanol–water partition coefficient (Wildman–Crippen LogP) is 3.70. The van der Waals surface area contributed by atoms with Crippen molar-refractivity contribution >= 4 is 12.0 Å². The van der Waals surface area contributed by atoms with Gasteiger partial charge in [-0.3, -0.25) is 4.79 Å². The minimum atomic E-state index is -0.634. The van der Waals surface area contributed by atoms with Crippen molar-refractivity contribution in [2.45, 2.75) is 59.5 Å². The van der Waals surface area contributed by atoms with Gasteiger partial charge in [0.15, 0.2) is 0 Å². The molecule has 1 aromatic carbocycles. The van der Waals surface area contributed by atoms with Crippen molar-refractivity contribution in [1.29, 1.82) is 0 Å². The quantitative estimate of drug-likeness (QED) is 0.786. The lowest BCUT2D eigenvalue weighted by atomic mass is 10.0. The van der Waals surface area contributed by atoms with Gasteiger partial charge in [0.05, 0.1) is 5.69 Å². The molecule has 1 aromatic heterocycles. The van der Waals surface area contributed by atoms with Crippen LogP contribution in [-0.4, -0.2) is 55.5 Å². The molecule has 1 aliphatic rings. The number of benzene rings is 1. The summed E-state index contributed by atoms with van der Waals surface area (Å²) in [6.07, 6.45) is 0.144. The number of rotatable bonds is 3. The summed E-state index contributed by atoms with van der Waals surface area (Å²) in [5.74, 6) is 0.577. The van der Waals surface area contributed by atoms with Gasteiger partial charge in [-0.15, -0.1) is 5.10 Å². The zero-order chi connectivity index (χ0) is 21.3. The van der Waals surface area contributed by atoms with E-state index in [-0.39, 0.29) is 5.82 Å². The molecule has 0 unspecified atom stereocenters. The Hall–Kier alpha value is -2.90. The first-order chi connectivity index (χ1) is 13.6. The standard InChI is InChI=1S/C21H29N5O3/c1-14(2)16-10-7-8-11-17(16)26-15(3)22-18(23-26)19(27)24-12-9-13-25(24)20(28)29-21(4,5)6/h7-8,10-11,14H,9,12-13H2,1-6H3. The van der Waals surface area contributed by atoms with Crippen molar-refractivity contribution in [2.24, 2.45) is 0 Å². The van der Waals surface area contributed by atoms with Gasteiger partial charge in [0, 0.05) is 13.1 Å². The van der Waals surface area contributed by atoms with Gasteiger partial charge < -0.3 is 4.74 Å². The van der Waals surface area contributed by atoms with Gasteiger partial charge in [0.2, 0.25) is 5.82 Å². The molecule has 156 valence electrons. The third-order valence-electron chi connectivity index (χ3n) is 4.62. The van der Waals surface area contributed by atoms with Crippen molar-refractivity contribution in [1.82, 2.24) is 24.8 Å². The topological polar surface area (TPSA) is 80.6 Å². The largest absolute Gasteiger partial charge is 0.442 e. The van der Waals surface area contributed by atoms with Crippen molar-refractivity contribution in [2.75, 3.05) is 13.1 Å². The minimum Gasteiger partial charge on any atom is -0.442 e. The number of hydrogen-bond acceptors (Lipinski definition) is 5. The van der Waals surface area contributed by atoms with E-state index in [1.54, 1.807) is 25.5 Å². The molecular weight excluding hydrogens is 370 g/mol. The Kier molecular flexibility index (Phi) is 5.64. The molecule has 0 spiro atoms. The number of aromatic nitrogens is 3. The Balaban J connectivity index is 1.88. The number of amides is 2. The first-order valence-corrected chi connectivity index (χ1v) is 9.93. The average molecular weight is 399 g/mol. The lowest BCUT2D eigenvalue weighted by molar-refractivity contribution is -0.0197. The van der Waals surface area contributed by atoms with Gasteiger partial charge >= 0.3 is 12.0 Å². The molecule has 0 aliphatic carbocycles. The van der Waals surface area contributed by atoms with Crippen LogP contribution in [-0.2, 0) is 4.74 Å². The van der Waals surface area contributed by atoms with Crippen LogP contribution >= 0.6 is 0 Å². The third kappa shape index (κ3) is 4.41. The Morgan fingerprint density at radius 2 is 1.76 bits per heavy atom. The van der Waals surface area contributed by atoms with Crippen molar-refractivity contribution in [3.05, 3.63) is 41.5 Å². The molecule has 0 saturated carbocycles. The maximum absolute atomic E-state index is 13.1. The Bertz CT molecular complexity index is 913. The number of para-hydroxylation sites is 1. The van der Waals surface area contributed by atoms with Crippen LogP contribution in [0.4, 0.5) is 4.79 Å². The molecule has 1 fully saturated rings. The van der Waals surface area contributed by atoms with E-state index < -0.39 is 17.6 Å². The van der Waals surface area contributed by atoms with Gasteiger partial charge in [-0.1, -0.05) is 32.0 Å². The second-order valence-electron chi connectivity index (χ2n) is 8.49. The molecule has 2 aromatic rings. The summed E-state index contributed by atoms with van der Waals surface area (Å²) in [4.78, 5) is 29.9. The molecule has 3 rings (SSSR count). The molecule has 29 heavy (non-hydrogen) atoms. The van der Waals surface area contributed by atoms with Crippen LogP contribution in [0, 0.1) is 6.92 Å². The summed E-state index contributed by atoms with van der Waals surface area (Å²) in [5, 5.41) is 7.19. The van der Waals surface area contributed by atoms with E-state index in [0.717, 1.165) is 11.3 Å². The first-order valence-electron chi connectivity index (χ1n) is 9.93. The van der Waals surface area contributed by atoms with E-state index in [9.17, 15) is 9.59 Å². The molecule has 0 atom stereocenters. The van der Waals surface area contributed by atoms with Crippen LogP contribution in [0.2, 0.25) is 0 Å². The molecule has 2 heterocycles. The van der Waals surface area contributed by atoms with Crippen LogP contribution in [0.25, 0.3) is 5.69 Å². The van der Waals surface area contributed by atoms with Gasteiger partial charge in [0.25, 0.3) is 0 Å². The maximum atomic E-state index is 13.1. The number of ether oxygens (including phenoxy) is 1. The maximum Gasteiger partial charge on any atom is 0.429 e. The van der Waals surface area contributed by atoms with Crippen LogP contribution in [0.1, 0.15) is 69.0 Å². The number of carbonyl (C=O) groups is 2. The molecule has 8 heteroatoms. The summed E-state index contributed by atoms with van der Waals surface area (Å²) in [7, 11) is 0. The van der Waals surface area contributed by atoms with Crippen molar-refractivity contribution in [3.63, 3.8) is 0 Å². The van der Waals surface area contributed by atoms with E-state index in [0.29, 0.717) is 31.3 Å². The number of aryl methyl sites for hydroxylation is 1. The average Bonchev–Trinajstić information content (AvgIpc) is 3.26. The predicted molar refractivity (Wildman–Crippen MR) is 109 cm³/mol. The highest BCUT2D eigenvalue weighted by Gasteiger charge is 2.36. The molecule has 1 saturated heterocycles. The number of nitrogens with zero attached hydrogens (tertiary/aromatic N) is 5. The van der Waals surface area contributed by atoms with Gasteiger partial charge in [-0.25, -0.2) is 24.5 Å². The molecule has 8 nitrogen and oxygen atoms in total. The van der Waals surface area contributed by atoms with E-state index >= 15 is 0 Å². The van der Waals surface area contributed by atoms with E-state index in [4.69, 9.17) is 4.74 Å². The molecule has 1 aliphatic heterocycles. The second kappa shape index (κ2) is 7.85. The summed E-state index contributed by atoms with van der Waals surface area (Å²) in [6, 6.07) is 7.94. The summed E-state index contributed by atoms with van der Waals surface area (Å²) in [5.41, 5.74) is 1.39. The number of hydrogen-bond donors (Lipinski definition) is 0. The minimum absolute atomic E-state index is 0.0662. The zero-order valence-electron chi connectivity index (χ0n) is 18.0. The monoisotopic (exact) mass is 399 g/mol. The fraction of sp³-hybridized carbons (Fsp3) is 0.524. The van der Waals surface area contributed by atoms with Crippen LogP contribution in [0.3, 0.4) is 0 Å². The van der Waals surface area contributed by atoms with E-state index in [2.05, 4.69) is 23.9 Å². The highest BCUT2D eigenvalue weighted by Crippen LogP contribution is 2.24. The highest BCUT2D eigenvalue weighted by molar-refractivity contribution is 5.91. The molecule has 0 radical (unpaired) electrons. The van der Waals surface area contributed by atoms with Gasteiger partial charge in [-0.05, 0) is 51.7 Å². The van der Waals surface area contributed by atoms with E-state index in [1.807, 2.05) is 31.2 Å². The summed E-state index contributed by atoms with van der Waals surface area (Å²) >= 11 is 0. The second-order valence-corrected chi connectivity index (χ2v) is 8.49. The third-order valence-corrected chi connectivity index (χ3v) is 4.62. The molecule has 0 bridgehead atoms. The molecule has 0 N–H and O–H groups in total. The summed E-state index contributed by atoms with van der Waals surface area (Å²) < 4.78 is 7.12. The summed E-state index contributed by atoms with van der Waals surface area (Å²) in [6.45, 7) is 12.3. The smallest absolute Gasteiger partial charge is 0.429 e. The molecule has 2 amide bonds. The fourth-order valence-electron chi connectivity index (χ4n) is 3.32. The highest BCUT2D eigenvalue weighted by atomic mass is 16.6. The van der Waals surface area contributed by atoms with Crippen molar-refractivity contribution < 1.29 is 14.3 Å². The van der Waals surface area contributed by atoms with E-state index in [1.165, 1.54) is 10.0 Å². The van der Waals surface area contributed by atoms with Crippen LogP contribution < -0.4 is 0 Å². The molecular formula is C21H29N5O3. The normalized spacial score (nSPS) is 14.6. The zero-order valence-corrected chi connectivity index (χ0v) is 18.0.